The van der Waals surface area contributed by atoms with E-state index < -0.39 is 83.8 Å². The molecule has 0 rings (SSSR count). The van der Waals surface area contributed by atoms with Gasteiger partial charge >= 0.3 is 77.7 Å². The smallest absolute Gasteiger partial charge is 0.385 e. The molecule has 4 nitrogen and oxygen atoms in total. The van der Waals surface area contributed by atoms with Crippen molar-refractivity contribution in [1.29, 1.82) is 0 Å². The second-order valence-electron chi connectivity index (χ2n) is 7.14. The molecule has 248 valence electrons. The largest absolute Gasteiger partial charge is 0.460 e. The first kappa shape index (κ1) is 39.2. The van der Waals surface area contributed by atoms with E-state index in [0.29, 0.717) is 0 Å². The summed E-state index contributed by atoms with van der Waals surface area (Å²) in [6.07, 6.45) is -25.9. The first-order valence-corrected chi connectivity index (χ1v) is 8.77. The number of carbonyl (C=O) groups is 2. The Morgan fingerprint density at radius 2 is 0.738 bits per heavy atom. The van der Waals surface area contributed by atoms with E-state index in [1.165, 1.54) is 0 Å². The van der Waals surface area contributed by atoms with Crippen LogP contribution in [0.25, 0.3) is 0 Å². The summed E-state index contributed by atoms with van der Waals surface area (Å²) in [6.45, 7) is 2.31. The molecule has 27 heteroatoms. The van der Waals surface area contributed by atoms with E-state index in [1.54, 1.807) is 0 Å². The third-order valence-corrected chi connectivity index (χ3v) is 4.33. The zero-order valence-corrected chi connectivity index (χ0v) is 18.1. The van der Waals surface area contributed by atoms with Gasteiger partial charge in [0.05, 0.1) is 0 Å². The Kier molecular flexibility index (Phi) is 9.49. The van der Waals surface area contributed by atoms with Gasteiger partial charge < -0.3 is 4.74 Å². The minimum absolute atomic E-state index is 0.394. The van der Waals surface area contributed by atoms with Crippen LogP contribution in [0.4, 0.5) is 101 Å². The van der Waals surface area contributed by atoms with E-state index in [2.05, 4.69) is 11.3 Å². The Hall–Kier alpha value is -2.77. The lowest BCUT2D eigenvalue weighted by molar-refractivity contribution is -0.525. The summed E-state index contributed by atoms with van der Waals surface area (Å²) in [4.78, 5) is 21.3. The Morgan fingerprint density at radius 3 is 1.02 bits per heavy atom. The lowest BCUT2D eigenvalue weighted by Gasteiger charge is -2.42. The Bertz CT molecular complexity index is 1050. The highest BCUT2D eigenvalue weighted by Gasteiger charge is 2.94. The molecule has 0 bridgehead atoms. The molecule has 0 aromatic heterocycles. The highest BCUT2D eigenvalue weighted by molar-refractivity contribution is 5.94. The Labute approximate surface area is 212 Å². The summed E-state index contributed by atoms with van der Waals surface area (Å²) >= 11 is 0. The lowest BCUT2D eigenvalue weighted by atomic mass is 9.93. The lowest BCUT2D eigenvalue weighted by Crippen LogP contribution is -2.73. The Balaban J connectivity index is 6.91. The van der Waals surface area contributed by atoms with Crippen LogP contribution >= 0.6 is 0 Å². The van der Waals surface area contributed by atoms with Gasteiger partial charge in [-0.05, 0) is 0 Å². The number of rotatable bonds is 12. The minimum Gasteiger partial charge on any atom is -0.385 e. The van der Waals surface area contributed by atoms with Crippen molar-refractivity contribution < 1.29 is 120 Å². The minimum atomic E-state index is -9.09. The highest BCUT2D eigenvalue weighted by Crippen LogP contribution is 2.63. The van der Waals surface area contributed by atoms with Crippen molar-refractivity contribution in [3.8, 4) is 0 Å². The fourth-order valence-electron chi connectivity index (χ4n) is 1.95. The normalized spacial score (nSPS) is 15.9. The summed E-state index contributed by atoms with van der Waals surface area (Å²) in [5, 5.41) is 0. The fraction of sp³-hybridized carbons (Fsp3) is 0.733. The van der Waals surface area contributed by atoms with Gasteiger partial charge in [-0.3, -0.25) is 0 Å². The van der Waals surface area contributed by atoms with E-state index in [0.717, 1.165) is 4.74 Å². The van der Waals surface area contributed by atoms with Gasteiger partial charge in [-0.2, -0.15) is 101 Å². The SMILES string of the molecule is C=CC(=O)OC(=O)C(F)(F)C(F)(F)C(F)(F)C(F)(F)C(F)(F)C(F)(F)OC(F)(F)C(F)(F)C(F)(F)C(F)(F)C(F)(F)F. The van der Waals surface area contributed by atoms with Crippen LogP contribution in [0.1, 0.15) is 0 Å². The zero-order valence-electron chi connectivity index (χ0n) is 18.1. The molecule has 0 heterocycles. The number of hydrogen-bond donors (Lipinski definition) is 0. The second-order valence-corrected chi connectivity index (χ2v) is 7.14. The molecule has 0 atom stereocenters. The van der Waals surface area contributed by atoms with Crippen LogP contribution in [-0.4, -0.2) is 77.7 Å². The van der Waals surface area contributed by atoms with Crippen molar-refractivity contribution in [1.82, 2.24) is 0 Å². The molecule has 0 aromatic carbocycles. The first-order chi connectivity index (χ1) is 17.8. The van der Waals surface area contributed by atoms with Crippen molar-refractivity contribution in [2.24, 2.45) is 0 Å². The molecule has 0 aliphatic rings. The molecule has 0 unspecified atom stereocenters. The highest BCUT2D eigenvalue weighted by atomic mass is 19.4. The topological polar surface area (TPSA) is 52.6 Å². The average Bonchev–Trinajstić information content (AvgIpc) is 2.76. The molecular weight excluding hydrogens is 681 g/mol. The number of ether oxygens (including phenoxy) is 2. The number of hydrogen-bond acceptors (Lipinski definition) is 4. The van der Waals surface area contributed by atoms with Gasteiger partial charge in [0, 0.05) is 6.08 Å². The van der Waals surface area contributed by atoms with Crippen LogP contribution in [0.15, 0.2) is 12.7 Å². The second kappa shape index (κ2) is 10.2. The summed E-state index contributed by atoms with van der Waals surface area (Å²) in [7, 11) is 0. The van der Waals surface area contributed by atoms with Crippen LogP contribution < -0.4 is 0 Å². The molecule has 0 amide bonds. The molecular formula is C15H3F23O4. The molecule has 0 saturated carbocycles. The molecule has 0 fully saturated rings. The summed E-state index contributed by atoms with van der Waals surface area (Å²) in [5.74, 6) is -76.2. The number of esters is 2. The van der Waals surface area contributed by atoms with Gasteiger partial charge in [-0.25, -0.2) is 14.3 Å². The fourth-order valence-corrected chi connectivity index (χ4v) is 1.95. The maximum absolute atomic E-state index is 13.6. The summed E-state index contributed by atoms with van der Waals surface area (Å²) in [6, 6.07) is 0. The van der Waals surface area contributed by atoms with Crippen LogP contribution in [0.5, 0.6) is 0 Å². The molecule has 0 aromatic rings. The van der Waals surface area contributed by atoms with Gasteiger partial charge in [-0.1, -0.05) is 6.58 Å². The number of halogens is 23. The quantitative estimate of drug-likeness (QED) is 0.0955. The van der Waals surface area contributed by atoms with Gasteiger partial charge in [0.25, 0.3) is 0 Å². The molecule has 0 aliphatic carbocycles. The van der Waals surface area contributed by atoms with Crippen LogP contribution in [0.2, 0.25) is 0 Å². The summed E-state index contributed by atoms with van der Waals surface area (Å²) in [5.41, 5.74) is 0. The van der Waals surface area contributed by atoms with Crippen LogP contribution in [-0.2, 0) is 19.1 Å². The molecule has 0 radical (unpaired) electrons. The van der Waals surface area contributed by atoms with Crippen molar-refractivity contribution >= 4 is 11.9 Å². The van der Waals surface area contributed by atoms with Crippen molar-refractivity contribution in [3.63, 3.8) is 0 Å². The summed E-state index contributed by atoms with van der Waals surface area (Å²) < 4.78 is 306. The van der Waals surface area contributed by atoms with Gasteiger partial charge in [0.15, 0.2) is 0 Å². The van der Waals surface area contributed by atoms with E-state index in [1.807, 2.05) is 0 Å². The van der Waals surface area contributed by atoms with Gasteiger partial charge in [0.1, 0.15) is 0 Å². The van der Waals surface area contributed by atoms with E-state index in [9.17, 15) is 111 Å². The standard InChI is InChI=1S/C15H3F23O4/c1-2-3(39)41-4(40)5(16,17)6(18,19)7(20,21)8(22,23)11(28,29)14(35,36)42-15(37,38)12(30,31)9(24,25)10(26,27)13(32,33)34/h2H,1H2. The third kappa shape index (κ3) is 5.28. The monoisotopic (exact) mass is 684 g/mol. The molecule has 0 N–H and O–H groups in total. The maximum atomic E-state index is 13.6. The predicted molar refractivity (Wildman–Crippen MR) is 77.9 cm³/mol. The third-order valence-electron chi connectivity index (χ3n) is 4.33. The predicted octanol–water partition coefficient (Wildman–Crippen LogP) is 7.09. The van der Waals surface area contributed by atoms with Crippen molar-refractivity contribution in [3.05, 3.63) is 12.7 Å². The maximum Gasteiger partial charge on any atom is 0.460 e. The van der Waals surface area contributed by atoms with Gasteiger partial charge in [-0.15, -0.1) is 0 Å². The number of carbonyl (C=O) groups excluding carboxylic acids is 2. The first-order valence-electron chi connectivity index (χ1n) is 8.77. The molecule has 0 aliphatic heterocycles. The molecule has 0 spiro atoms. The molecule has 42 heavy (non-hydrogen) atoms. The van der Waals surface area contributed by atoms with E-state index in [4.69, 9.17) is 0 Å². The van der Waals surface area contributed by atoms with Crippen LogP contribution in [0, 0.1) is 0 Å². The van der Waals surface area contributed by atoms with Crippen LogP contribution in [0.3, 0.4) is 0 Å². The Morgan fingerprint density at radius 1 is 0.452 bits per heavy atom. The van der Waals surface area contributed by atoms with E-state index in [-0.39, 0.29) is 0 Å². The average molecular weight is 684 g/mol. The van der Waals surface area contributed by atoms with Crippen molar-refractivity contribution in [2.75, 3.05) is 0 Å². The van der Waals surface area contributed by atoms with E-state index >= 15 is 0 Å². The van der Waals surface area contributed by atoms with Gasteiger partial charge in [0.2, 0.25) is 0 Å². The van der Waals surface area contributed by atoms with Crippen molar-refractivity contribution in [2.45, 2.75) is 65.8 Å². The molecule has 0 saturated heterocycles. The zero-order chi connectivity index (χ0) is 34.8. The number of alkyl halides is 23.